The predicted molar refractivity (Wildman–Crippen MR) is 59.3 cm³/mol. The van der Waals surface area contributed by atoms with E-state index in [1.807, 2.05) is 12.1 Å². The molecule has 3 heteroatoms. The van der Waals surface area contributed by atoms with E-state index in [-0.39, 0.29) is 0 Å². The van der Waals surface area contributed by atoms with E-state index >= 15 is 0 Å². The molecule has 3 nitrogen and oxygen atoms in total. The smallest absolute Gasteiger partial charge is 0.166 e. The fourth-order valence-corrected chi connectivity index (χ4v) is 1.46. The second-order valence-corrected chi connectivity index (χ2v) is 3.12. The number of methoxy groups -OCH3 is 2. The van der Waals surface area contributed by atoms with Crippen LogP contribution < -0.4 is 9.47 Å². The van der Waals surface area contributed by atoms with Crippen molar-refractivity contribution in [3.8, 4) is 11.5 Å². The van der Waals surface area contributed by atoms with Gasteiger partial charge in [0.15, 0.2) is 11.5 Å². The average Bonchev–Trinajstić information content (AvgIpc) is 2.28. The lowest BCUT2D eigenvalue weighted by Crippen LogP contribution is -2.01. The Morgan fingerprint density at radius 3 is 2.67 bits per heavy atom. The highest BCUT2D eigenvalue weighted by Gasteiger charge is 2.15. The number of benzene rings is 1. The van der Waals surface area contributed by atoms with E-state index in [4.69, 9.17) is 9.47 Å². The van der Waals surface area contributed by atoms with Gasteiger partial charge in [-0.1, -0.05) is 18.2 Å². The molecule has 0 saturated carbocycles. The van der Waals surface area contributed by atoms with Crippen molar-refractivity contribution in [2.24, 2.45) is 0 Å². The van der Waals surface area contributed by atoms with Gasteiger partial charge in [-0.25, -0.2) is 0 Å². The molecule has 0 aromatic heterocycles. The molecule has 0 radical (unpaired) electrons. The molecule has 0 aliphatic heterocycles. The fourth-order valence-electron chi connectivity index (χ4n) is 1.46. The van der Waals surface area contributed by atoms with Gasteiger partial charge in [-0.2, -0.15) is 0 Å². The van der Waals surface area contributed by atoms with Crippen LogP contribution >= 0.6 is 0 Å². The van der Waals surface area contributed by atoms with Gasteiger partial charge in [-0.3, -0.25) is 0 Å². The molecule has 0 bridgehead atoms. The Kier molecular flexibility index (Phi) is 4.18. The molecular formula is C12H16O3. The molecule has 0 heterocycles. The topological polar surface area (TPSA) is 38.7 Å². The van der Waals surface area contributed by atoms with E-state index in [9.17, 15) is 5.11 Å². The summed E-state index contributed by atoms with van der Waals surface area (Å²) < 4.78 is 10.4. The van der Waals surface area contributed by atoms with Crippen molar-refractivity contribution < 1.29 is 14.6 Å². The van der Waals surface area contributed by atoms with Gasteiger partial charge in [0, 0.05) is 5.56 Å². The van der Waals surface area contributed by atoms with Crippen LogP contribution in [0.25, 0.3) is 0 Å². The van der Waals surface area contributed by atoms with Crippen LogP contribution in [0.15, 0.2) is 30.9 Å². The van der Waals surface area contributed by atoms with E-state index in [1.165, 1.54) is 0 Å². The van der Waals surface area contributed by atoms with Crippen molar-refractivity contribution in [2.45, 2.75) is 12.5 Å². The first-order valence-corrected chi connectivity index (χ1v) is 4.74. The van der Waals surface area contributed by atoms with Crippen LogP contribution in [-0.4, -0.2) is 19.3 Å². The SMILES string of the molecule is C=CC[C@H](O)c1cccc(OC)c1OC. The summed E-state index contributed by atoms with van der Waals surface area (Å²) in [5.41, 5.74) is 0.719. The van der Waals surface area contributed by atoms with Gasteiger partial charge >= 0.3 is 0 Å². The third-order valence-electron chi connectivity index (χ3n) is 2.18. The molecule has 1 rings (SSSR count). The van der Waals surface area contributed by atoms with Crippen LogP contribution in [0.1, 0.15) is 18.1 Å². The van der Waals surface area contributed by atoms with Gasteiger partial charge in [-0.05, 0) is 12.5 Å². The van der Waals surface area contributed by atoms with E-state index in [2.05, 4.69) is 6.58 Å². The van der Waals surface area contributed by atoms with Crippen molar-refractivity contribution in [1.82, 2.24) is 0 Å². The van der Waals surface area contributed by atoms with Gasteiger partial charge in [0.1, 0.15) is 0 Å². The van der Waals surface area contributed by atoms with Crippen molar-refractivity contribution in [3.63, 3.8) is 0 Å². The average molecular weight is 208 g/mol. The molecule has 0 amide bonds. The normalized spacial score (nSPS) is 11.9. The number of ether oxygens (including phenoxy) is 2. The second kappa shape index (κ2) is 5.41. The number of rotatable bonds is 5. The van der Waals surface area contributed by atoms with E-state index in [1.54, 1.807) is 26.4 Å². The first-order chi connectivity index (χ1) is 7.24. The maximum absolute atomic E-state index is 9.85. The summed E-state index contributed by atoms with van der Waals surface area (Å²) in [6.07, 6.45) is 1.56. The van der Waals surface area contributed by atoms with Gasteiger partial charge in [0.25, 0.3) is 0 Å². The summed E-state index contributed by atoms with van der Waals surface area (Å²) in [5, 5.41) is 9.85. The Morgan fingerprint density at radius 2 is 2.13 bits per heavy atom. The highest BCUT2D eigenvalue weighted by molar-refractivity contribution is 5.47. The summed E-state index contributed by atoms with van der Waals surface area (Å²) in [4.78, 5) is 0. The second-order valence-electron chi connectivity index (χ2n) is 3.12. The molecule has 0 fully saturated rings. The molecule has 0 aliphatic rings. The Morgan fingerprint density at radius 1 is 1.40 bits per heavy atom. The van der Waals surface area contributed by atoms with E-state index < -0.39 is 6.10 Å². The Labute approximate surface area is 90.0 Å². The standard InChI is InChI=1S/C12H16O3/c1-4-6-10(13)9-7-5-8-11(14-2)12(9)15-3/h4-5,7-8,10,13H,1,6H2,2-3H3/t10-/m0/s1. The summed E-state index contributed by atoms with van der Waals surface area (Å²) in [6, 6.07) is 5.43. The fraction of sp³-hybridized carbons (Fsp3) is 0.333. The van der Waals surface area contributed by atoms with Crippen molar-refractivity contribution in [3.05, 3.63) is 36.4 Å². The molecule has 0 saturated heterocycles. The lowest BCUT2D eigenvalue weighted by molar-refractivity contribution is 0.176. The summed E-state index contributed by atoms with van der Waals surface area (Å²) in [6.45, 7) is 3.59. The minimum atomic E-state index is -0.604. The molecule has 0 spiro atoms. The van der Waals surface area contributed by atoms with Crippen LogP contribution in [0.2, 0.25) is 0 Å². The first kappa shape index (κ1) is 11.6. The molecular weight excluding hydrogens is 192 g/mol. The molecule has 15 heavy (non-hydrogen) atoms. The third kappa shape index (κ3) is 2.50. The molecule has 1 aromatic carbocycles. The van der Waals surface area contributed by atoms with Crippen LogP contribution in [-0.2, 0) is 0 Å². The molecule has 1 aromatic rings. The van der Waals surface area contributed by atoms with Crippen LogP contribution in [0, 0.1) is 0 Å². The van der Waals surface area contributed by atoms with Crippen molar-refractivity contribution in [1.29, 1.82) is 0 Å². The largest absolute Gasteiger partial charge is 0.493 e. The molecule has 1 N–H and O–H groups in total. The number of hydrogen-bond donors (Lipinski definition) is 1. The van der Waals surface area contributed by atoms with Crippen LogP contribution in [0.5, 0.6) is 11.5 Å². The first-order valence-electron chi connectivity index (χ1n) is 4.74. The molecule has 1 atom stereocenters. The van der Waals surface area contributed by atoms with Gasteiger partial charge < -0.3 is 14.6 Å². The van der Waals surface area contributed by atoms with Crippen molar-refractivity contribution in [2.75, 3.05) is 14.2 Å². The van der Waals surface area contributed by atoms with Gasteiger partial charge in [0.05, 0.1) is 20.3 Å². The Hall–Kier alpha value is -1.48. The highest BCUT2D eigenvalue weighted by Crippen LogP contribution is 2.35. The third-order valence-corrected chi connectivity index (χ3v) is 2.18. The minimum Gasteiger partial charge on any atom is -0.493 e. The Bertz CT molecular complexity index is 334. The molecule has 0 unspecified atom stereocenters. The van der Waals surface area contributed by atoms with Gasteiger partial charge in [0.2, 0.25) is 0 Å². The zero-order valence-corrected chi connectivity index (χ0v) is 9.06. The number of aliphatic hydroxyl groups excluding tert-OH is 1. The maximum Gasteiger partial charge on any atom is 0.166 e. The zero-order chi connectivity index (χ0) is 11.3. The predicted octanol–water partition coefficient (Wildman–Crippen LogP) is 2.31. The summed E-state index contributed by atoms with van der Waals surface area (Å²) in [5.74, 6) is 1.20. The minimum absolute atomic E-state index is 0.490. The number of hydrogen-bond acceptors (Lipinski definition) is 3. The summed E-state index contributed by atoms with van der Waals surface area (Å²) in [7, 11) is 3.13. The number of para-hydroxylation sites is 1. The van der Waals surface area contributed by atoms with Crippen molar-refractivity contribution >= 4 is 0 Å². The quantitative estimate of drug-likeness (QED) is 0.755. The molecule has 82 valence electrons. The Balaban J connectivity index is 3.10. The maximum atomic E-state index is 9.85. The lowest BCUT2D eigenvalue weighted by atomic mass is 10.0. The van der Waals surface area contributed by atoms with E-state index in [0.29, 0.717) is 17.9 Å². The monoisotopic (exact) mass is 208 g/mol. The zero-order valence-electron chi connectivity index (χ0n) is 9.06. The number of aliphatic hydroxyl groups is 1. The molecule has 0 aliphatic carbocycles. The lowest BCUT2D eigenvalue weighted by Gasteiger charge is -2.15. The summed E-state index contributed by atoms with van der Waals surface area (Å²) >= 11 is 0. The van der Waals surface area contributed by atoms with Crippen LogP contribution in [0.4, 0.5) is 0 Å². The van der Waals surface area contributed by atoms with Gasteiger partial charge in [-0.15, -0.1) is 6.58 Å². The van der Waals surface area contributed by atoms with E-state index in [0.717, 1.165) is 5.56 Å². The highest BCUT2D eigenvalue weighted by atomic mass is 16.5. The van der Waals surface area contributed by atoms with Crippen LogP contribution in [0.3, 0.4) is 0 Å².